The lowest BCUT2D eigenvalue weighted by atomic mass is 10.2. The van der Waals surface area contributed by atoms with E-state index < -0.39 is 10.9 Å². The van der Waals surface area contributed by atoms with Crippen molar-refractivity contribution in [1.82, 2.24) is 4.98 Å². The van der Waals surface area contributed by atoms with Crippen LogP contribution in [0.2, 0.25) is 5.15 Å². The Morgan fingerprint density at radius 3 is 2.71 bits per heavy atom. The van der Waals surface area contributed by atoms with Crippen molar-refractivity contribution in [3.05, 3.63) is 55.6 Å². The van der Waals surface area contributed by atoms with Gasteiger partial charge in [-0.05, 0) is 34.1 Å². The molecule has 0 bridgehead atoms. The van der Waals surface area contributed by atoms with E-state index in [1.165, 1.54) is 30.3 Å². The molecule has 1 N–H and O–H groups in total. The van der Waals surface area contributed by atoms with Crippen LogP contribution in [0.4, 0.5) is 5.69 Å². The van der Waals surface area contributed by atoms with E-state index in [1.807, 2.05) is 0 Å². The first-order valence-electron chi connectivity index (χ1n) is 5.40. The molecule has 2 rings (SSSR count). The third kappa shape index (κ3) is 3.29. The topological polar surface area (TPSA) is 103 Å². The maximum atomic E-state index is 11.1. The van der Waals surface area contributed by atoms with Gasteiger partial charge in [-0.2, -0.15) is 0 Å². The van der Waals surface area contributed by atoms with E-state index >= 15 is 0 Å². The Balaban J connectivity index is 2.55. The van der Waals surface area contributed by atoms with Crippen molar-refractivity contribution >= 4 is 39.2 Å². The summed E-state index contributed by atoms with van der Waals surface area (Å²) in [4.78, 5) is 25.2. The predicted molar refractivity (Wildman–Crippen MR) is 77.1 cm³/mol. The zero-order valence-corrected chi connectivity index (χ0v) is 12.5. The normalized spacial score (nSPS) is 10.2. The summed E-state index contributed by atoms with van der Waals surface area (Å²) >= 11 is 8.82. The van der Waals surface area contributed by atoms with Crippen molar-refractivity contribution in [2.24, 2.45) is 0 Å². The molecule has 0 unspecified atom stereocenters. The van der Waals surface area contributed by atoms with Crippen LogP contribution in [0.15, 0.2) is 34.8 Å². The standard InChI is InChI=1S/C12H6BrClN2O5/c13-7-2-1-3-8(16(19)20)10(7)21-11-6(12(17)18)4-5-9(14)15-11/h1-5H,(H,17,18). The van der Waals surface area contributed by atoms with Gasteiger partial charge in [0.05, 0.1) is 9.40 Å². The number of nitro benzene ring substituents is 1. The Kier molecular flexibility index (Phi) is 4.39. The molecule has 0 amide bonds. The molecule has 0 radical (unpaired) electrons. The van der Waals surface area contributed by atoms with Crippen LogP contribution < -0.4 is 4.74 Å². The van der Waals surface area contributed by atoms with E-state index in [1.54, 1.807) is 0 Å². The maximum absolute atomic E-state index is 11.1. The van der Waals surface area contributed by atoms with Gasteiger partial charge in [0.25, 0.3) is 0 Å². The van der Waals surface area contributed by atoms with Gasteiger partial charge in [-0.3, -0.25) is 10.1 Å². The number of carboxylic acids is 1. The molecule has 1 aromatic carbocycles. The summed E-state index contributed by atoms with van der Waals surface area (Å²) in [7, 11) is 0. The number of hydrogen-bond donors (Lipinski definition) is 1. The molecule has 108 valence electrons. The molecule has 2 aromatic rings. The second-order valence-electron chi connectivity index (χ2n) is 3.74. The van der Waals surface area contributed by atoms with Gasteiger partial charge in [0.1, 0.15) is 10.7 Å². The van der Waals surface area contributed by atoms with Crippen molar-refractivity contribution in [2.45, 2.75) is 0 Å². The molecule has 1 aromatic heterocycles. The van der Waals surface area contributed by atoms with E-state index in [-0.39, 0.29) is 32.5 Å². The average molecular weight is 374 g/mol. The van der Waals surface area contributed by atoms with Crippen molar-refractivity contribution in [3.63, 3.8) is 0 Å². The molecule has 0 saturated heterocycles. The molecular formula is C12H6BrClN2O5. The molecule has 9 heteroatoms. The van der Waals surface area contributed by atoms with Crippen molar-refractivity contribution < 1.29 is 19.6 Å². The second-order valence-corrected chi connectivity index (χ2v) is 4.98. The minimum absolute atomic E-state index is 0.00436. The van der Waals surface area contributed by atoms with E-state index in [9.17, 15) is 14.9 Å². The minimum atomic E-state index is -1.29. The summed E-state index contributed by atoms with van der Waals surface area (Å²) in [5, 5.41) is 20.1. The number of aromatic carboxylic acids is 1. The summed E-state index contributed by atoms with van der Waals surface area (Å²) in [6.45, 7) is 0. The quantitative estimate of drug-likeness (QED) is 0.495. The molecular weight excluding hydrogens is 367 g/mol. The van der Waals surface area contributed by atoms with Gasteiger partial charge in [0, 0.05) is 6.07 Å². The van der Waals surface area contributed by atoms with Crippen LogP contribution in [0.1, 0.15) is 10.4 Å². The summed E-state index contributed by atoms with van der Waals surface area (Å²) in [6.07, 6.45) is 0. The number of rotatable bonds is 4. The predicted octanol–water partition coefficient (Wildman–Crippen LogP) is 3.90. The second kappa shape index (κ2) is 6.06. The number of halogens is 2. The fraction of sp³-hybridized carbons (Fsp3) is 0. The van der Waals surface area contributed by atoms with Crippen LogP contribution in [0.3, 0.4) is 0 Å². The summed E-state index contributed by atoms with van der Waals surface area (Å²) in [5.41, 5.74) is -0.591. The highest BCUT2D eigenvalue weighted by Crippen LogP contribution is 2.38. The number of pyridine rings is 1. The Labute approximate surface area is 131 Å². The Morgan fingerprint density at radius 1 is 1.38 bits per heavy atom. The summed E-state index contributed by atoms with van der Waals surface area (Å²) in [6, 6.07) is 6.69. The van der Waals surface area contributed by atoms with Gasteiger partial charge in [-0.25, -0.2) is 9.78 Å². The molecule has 0 aliphatic carbocycles. The van der Waals surface area contributed by atoms with E-state index in [0.29, 0.717) is 0 Å². The van der Waals surface area contributed by atoms with Crippen LogP contribution in [0, 0.1) is 10.1 Å². The summed E-state index contributed by atoms with van der Waals surface area (Å²) in [5.74, 6) is -1.77. The largest absolute Gasteiger partial charge is 0.477 e. The fourth-order valence-electron chi connectivity index (χ4n) is 1.50. The average Bonchev–Trinajstić information content (AvgIpc) is 2.40. The molecule has 7 nitrogen and oxygen atoms in total. The molecule has 0 saturated carbocycles. The number of benzene rings is 1. The Hall–Kier alpha value is -2.19. The van der Waals surface area contributed by atoms with E-state index in [2.05, 4.69) is 20.9 Å². The highest BCUT2D eigenvalue weighted by Gasteiger charge is 2.22. The van der Waals surface area contributed by atoms with Gasteiger partial charge in [0.2, 0.25) is 11.6 Å². The van der Waals surface area contributed by atoms with Gasteiger partial charge >= 0.3 is 11.7 Å². The van der Waals surface area contributed by atoms with Crippen LogP contribution in [0.25, 0.3) is 0 Å². The highest BCUT2D eigenvalue weighted by molar-refractivity contribution is 9.10. The van der Waals surface area contributed by atoms with E-state index in [0.717, 1.165) is 0 Å². The van der Waals surface area contributed by atoms with Crippen molar-refractivity contribution in [3.8, 4) is 11.6 Å². The lowest BCUT2D eigenvalue weighted by molar-refractivity contribution is -0.385. The van der Waals surface area contributed by atoms with Crippen LogP contribution in [-0.4, -0.2) is 21.0 Å². The van der Waals surface area contributed by atoms with E-state index in [4.69, 9.17) is 21.4 Å². The van der Waals surface area contributed by atoms with Crippen LogP contribution in [0.5, 0.6) is 11.6 Å². The number of carbonyl (C=O) groups is 1. The molecule has 0 fully saturated rings. The first-order chi connectivity index (χ1) is 9.90. The zero-order chi connectivity index (χ0) is 15.6. The Bertz CT molecular complexity index is 738. The van der Waals surface area contributed by atoms with Crippen molar-refractivity contribution in [1.29, 1.82) is 0 Å². The number of para-hydroxylation sites is 1. The minimum Gasteiger partial charge on any atom is -0.477 e. The monoisotopic (exact) mass is 372 g/mol. The van der Waals surface area contributed by atoms with Crippen LogP contribution in [-0.2, 0) is 0 Å². The van der Waals surface area contributed by atoms with Gasteiger partial charge in [-0.1, -0.05) is 17.7 Å². The number of carboxylic acid groups (broad SMARTS) is 1. The first-order valence-corrected chi connectivity index (χ1v) is 6.58. The van der Waals surface area contributed by atoms with Gasteiger partial charge < -0.3 is 9.84 Å². The third-order valence-electron chi connectivity index (χ3n) is 2.40. The molecule has 0 aliphatic rings. The Morgan fingerprint density at radius 2 is 2.10 bits per heavy atom. The maximum Gasteiger partial charge on any atom is 0.341 e. The van der Waals surface area contributed by atoms with Crippen LogP contribution >= 0.6 is 27.5 Å². The lowest BCUT2D eigenvalue weighted by Crippen LogP contribution is -2.03. The SMILES string of the molecule is O=C(O)c1ccc(Cl)nc1Oc1c(Br)cccc1[N+](=O)[O-]. The van der Waals surface area contributed by atoms with Crippen molar-refractivity contribution in [2.75, 3.05) is 0 Å². The molecule has 1 heterocycles. The first kappa shape index (κ1) is 15.2. The lowest BCUT2D eigenvalue weighted by Gasteiger charge is -2.09. The smallest absolute Gasteiger partial charge is 0.341 e. The van der Waals surface area contributed by atoms with Gasteiger partial charge in [0.15, 0.2) is 0 Å². The number of ether oxygens (including phenoxy) is 1. The molecule has 21 heavy (non-hydrogen) atoms. The molecule has 0 atom stereocenters. The molecule has 0 spiro atoms. The third-order valence-corrected chi connectivity index (χ3v) is 3.23. The number of hydrogen-bond acceptors (Lipinski definition) is 5. The van der Waals surface area contributed by atoms with Gasteiger partial charge in [-0.15, -0.1) is 0 Å². The number of aromatic nitrogens is 1. The number of nitrogens with zero attached hydrogens (tertiary/aromatic N) is 2. The zero-order valence-electron chi connectivity index (χ0n) is 10.1. The summed E-state index contributed by atoms with van der Waals surface area (Å²) < 4.78 is 5.60. The molecule has 0 aliphatic heterocycles. The number of nitro groups is 1. The highest BCUT2D eigenvalue weighted by atomic mass is 79.9. The fourth-order valence-corrected chi connectivity index (χ4v) is 2.07.